The van der Waals surface area contributed by atoms with Crippen molar-refractivity contribution >= 4 is 21.6 Å². The Labute approximate surface area is 106 Å². The van der Waals surface area contributed by atoms with E-state index in [1.54, 1.807) is 28.6 Å². The first-order valence-corrected chi connectivity index (χ1v) is 7.71. The number of nitrogens with zero attached hydrogens (tertiary/aromatic N) is 1. The number of fused-ring (bicyclic) bond motifs is 1. The second-order valence-corrected chi connectivity index (χ2v) is 6.99. The van der Waals surface area contributed by atoms with Gasteiger partial charge in [-0.15, -0.1) is 0 Å². The van der Waals surface area contributed by atoms with E-state index in [4.69, 9.17) is 11.6 Å². The van der Waals surface area contributed by atoms with Crippen molar-refractivity contribution in [2.75, 3.05) is 0 Å². The molecule has 1 saturated carbocycles. The zero-order valence-electron chi connectivity index (χ0n) is 9.34. The molecule has 0 spiro atoms. The van der Waals surface area contributed by atoms with E-state index in [0.29, 0.717) is 9.92 Å². The second kappa shape index (κ2) is 3.97. The lowest BCUT2D eigenvalue weighted by Gasteiger charge is -2.05. The van der Waals surface area contributed by atoms with E-state index in [-0.39, 0.29) is 12.1 Å². The molecule has 1 saturated heterocycles. The molecule has 5 heteroatoms. The molecule has 0 N–H and O–H groups in total. The number of rotatable bonds is 2. The summed E-state index contributed by atoms with van der Waals surface area (Å²) in [6.45, 7) is 0. The highest BCUT2D eigenvalue weighted by Crippen LogP contribution is 2.44. The summed E-state index contributed by atoms with van der Waals surface area (Å²) in [5.74, 6) is 0. The van der Waals surface area contributed by atoms with Gasteiger partial charge in [0.25, 0.3) is 0 Å². The Balaban J connectivity index is 1.89. The summed E-state index contributed by atoms with van der Waals surface area (Å²) in [4.78, 5) is 0.358. The number of benzene rings is 1. The maximum atomic E-state index is 12.4. The Hall–Kier alpha value is -0.580. The minimum atomic E-state index is -3.29. The van der Waals surface area contributed by atoms with Gasteiger partial charge in [0.1, 0.15) is 0 Å². The molecule has 1 unspecified atom stereocenters. The highest BCUT2D eigenvalue weighted by atomic mass is 35.5. The van der Waals surface area contributed by atoms with E-state index in [9.17, 15) is 8.42 Å². The third-order valence-corrected chi connectivity index (χ3v) is 5.86. The molecule has 17 heavy (non-hydrogen) atoms. The van der Waals surface area contributed by atoms with Crippen molar-refractivity contribution in [1.29, 1.82) is 0 Å². The Kier molecular flexibility index (Phi) is 2.69. The third kappa shape index (κ3) is 1.88. The van der Waals surface area contributed by atoms with Gasteiger partial charge >= 0.3 is 0 Å². The molecule has 3 rings (SSSR count). The van der Waals surface area contributed by atoms with Crippen LogP contribution in [0.2, 0.25) is 5.02 Å². The van der Waals surface area contributed by atoms with Crippen molar-refractivity contribution in [3.63, 3.8) is 0 Å². The topological polar surface area (TPSA) is 37.1 Å². The fourth-order valence-corrected chi connectivity index (χ4v) is 4.74. The quantitative estimate of drug-likeness (QED) is 0.776. The van der Waals surface area contributed by atoms with Crippen LogP contribution in [0.1, 0.15) is 25.7 Å². The molecule has 1 aromatic rings. The van der Waals surface area contributed by atoms with Crippen molar-refractivity contribution in [3.8, 4) is 0 Å². The van der Waals surface area contributed by atoms with E-state index < -0.39 is 10.0 Å². The summed E-state index contributed by atoms with van der Waals surface area (Å²) < 4.78 is 26.4. The largest absolute Gasteiger partial charge is 0.243 e. The van der Waals surface area contributed by atoms with Crippen molar-refractivity contribution in [3.05, 3.63) is 29.3 Å². The summed E-state index contributed by atoms with van der Waals surface area (Å²) in [5.41, 5.74) is 0. The molecular weight excluding hydrogens is 258 g/mol. The van der Waals surface area contributed by atoms with Crippen LogP contribution < -0.4 is 0 Å². The molecule has 0 aromatic heterocycles. The molecule has 92 valence electrons. The fourth-order valence-electron chi connectivity index (χ4n) is 2.74. The van der Waals surface area contributed by atoms with E-state index in [2.05, 4.69) is 0 Å². The summed E-state index contributed by atoms with van der Waals surface area (Å²) in [5, 5.41) is 0.562. The molecule has 1 aliphatic carbocycles. The molecule has 0 bridgehead atoms. The van der Waals surface area contributed by atoms with Crippen molar-refractivity contribution in [2.24, 2.45) is 0 Å². The van der Waals surface area contributed by atoms with Crippen LogP contribution in [0.25, 0.3) is 0 Å². The van der Waals surface area contributed by atoms with Crippen LogP contribution in [0, 0.1) is 0 Å². The van der Waals surface area contributed by atoms with Crippen LogP contribution in [0.15, 0.2) is 29.2 Å². The molecular formula is C12H14ClNO2S. The zero-order valence-corrected chi connectivity index (χ0v) is 10.9. The van der Waals surface area contributed by atoms with Crippen LogP contribution in [-0.4, -0.2) is 24.8 Å². The van der Waals surface area contributed by atoms with E-state index in [0.717, 1.165) is 25.7 Å². The Morgan fingerprint density at radius 2 is 1.59 bits per heavy atom. The van der Waals surface area contributed by atoms with Crippen LogP contribution in [0.5, 0.6) is 0 Å². The normalized spacial score (nSPS) is 31.9. The van der Waals surface area contributed by atoms with Gasteiger partial charge in [0.15, 0.2) is 0 Å². The number of hydrogen-bond donors (Lipinski definition) is 0. The zero-order chi connectivity index (χ0) is 12.0. The summed E-state index contributed by atoms with van der Waals surface area (Å²) >= 11 is 5.77. The fraction of sp³-hybridized carbons (Fsp3) is 0.500. The van der Waals surface area contributed by atoms with Crippen molar-refractivity contribution in [2.45, 2.75) is 42.7 Å². The maximum Gasteiger partial charge on any atom is 0.243 e. The highest BCUT2D eigenvalue weighted by molar-refractivity contribution is 7.89. The van der Waals surface area contributed by atoms with Crippen LogP contribution in [0.4, 0.5) is 0 Å². The Bertz CT molecular complexity index is 514. The number of sulfonamides is 1. The van der Waals surface area contributed by atoms with Gasteiger partial charge in [0.05, 0.1) is 4.90 Å². The first-order chi connectivity index (χ1) is 8.10. The molecule has 2 fully saturated rings. The van der Waals surface area contributed by atoms with Gasteiger partial charge in [-0.05, 0) is 37.1 Å². The average Bonchev–Trinajstić information content (AvgIpc) is 3.04. The molecule has 3 atom stereocenters. The summed E-state index contributed by atoms with van der Waals surface area (Å²) in [7, 11) is -3.29. The van der Waals surface area contributed by atoms with Gasteiger partial charge in [0.2, 0.25) is 10.0 Å². The standard InChI is InChI=1S/C12H14ClNO2S/c13-9-5-7-10(8-6-9)17(15,16)14-11-3-1-2-4-12(11)14/h5-8,11-12H,1-4H2/t11-,12+,14?. The predicted molar refractivity (Wildman–Crippen MR) is 66.5 cm³/mol. The Morgan fingerprint density at radius 1 is 1.06 bits per heavy atom. The lowest BCUT2D eigenvalue weighted by Crippen LogP contribution is -2.15. The number of hydrogen-bond acceptors (Lipinski definition) is 2. The molecule has 2 aliphatic rings. The van der Waals surface area contributed by atoms with Gasteiger partial charge in [-0.1, -0.05) is 24.4 Å². The molecule has 0 radical (unpaired) electrons. The van der Waals surface area contributed by atoms with Gasteiger partial charge in [-0.3, -0.25) is 0 Å². The Morgan fingerprint density at radius 3 is 2.12 bits per heavy atom. The van der Waals surface area contributed by atoms with E-state index >= 15 is 0 Å². The van der Waals surface area contributed by atoms with Crippen LogP contribution in [-0.2, 0) is 10.0 Å². The molecule has 0 amide bonds. The highest BCUT2D eigenvalue weighted by Gasteiger charge is 2.55. The second-order valence-electron chi connectivity index (χ2n) is 4.71. The minimum Gasteiger partial charge on any atom is -0.207 e. The van der Waals surface area contributed by atoms with Crippen LogP contribution in [0.3, 0.4) is 0 Å². The summed E-state index contributed by atoms with van der Waals surface area (Å²) in [6, 6.07) is 6.93. The molecule has 3 nitrogen and oxygen atoms in total. The van der Waals surface area contributed by atoms with Gasteiger partial charge in [-0.25, -0.2) is 8.42 Å². The minimum absolute atomic E-state index is 0.254. The van der Waals surface area contributed by atoms with Gasteiger partial charge < -0.3 is 0 Å². The first-order valence-electron chi connectivity index (χ1n) is 5.90. The van der Waals surface area contributed by atoms with Crippen LogP contribution >= 0.6 is 11.6 Å². The molecule has 1 heterocycles. The maximum absolute atomic E-state index is 12.4. The average molecular weight is 272 g/mol. The van der Waals surface area contributed by atoms with Gasteiger partial charge in [0, 0.05) is 17.1 Å². The summed E-state index contributed by atoms with van der Waals surface area (Å²) in [6.07, 6.45) is 4.32. The number of halogens is 1. The molecule has 1 aliphatic heterocycles. The van der Waals surface area contributed by atoms with E-state index in [1.165, 1.54) is 0 Å². The van der Waals surface area contributed by atoms with E-state index in [1.807, 2.05) is 0 Å². The van der Waals surface area contributed by atoms with Gasteiger partial charge in [-0.2, -0.15) is 4.31 Å². The smallest absolute Gasteiger partial charge is 0.207 e. The van der Waals surface area contributed by atoms with Crippen molar-refractivity contribution < 1.29 is 8.42 Å². The lowest BCUT2D eigenvalue weighted by molar-refractivity contribution is 0.545. The first kappa shape index (κ1) is 11.5. The third-order valence-electron chi connectivity index (χ3n) is 3.65. The molecule has 1 aromatic carbocycles. The lowest BCUT2D eigenvalue weighted by atomic mass is 10.0. The monoisotopic (exact) mass is 271 g/mol. The SMILES string of the molecule is O=S(=O)(c1ccc(Cl)cc1)N1[C@@H]2CCCC[C@@H]21. The van der Waals surface area contributed by atoms with Crippen molar-refractivity contribution in [1.82, 2.24) is 4.31 Å². The predicted octanol–water partition coefficient (Wildman–Crippen LogP) is 2.66.